The highest BCUT2D eigenvalue weighted by Crippen LogP contribution is 2.29. The summed E-state index contributed by atoms with van der Waals surface area (Å²) in [4.78, 5) is 23.5. The fourth-order valence-corrected chi connectivity index (χ4v) is 2.74. The lowest BCUT2D eigenvalue weighted by atomic mass is 9.94. The van der Waals surface area contributed by atoms with E-state index in [0.717, 1.165) is 19.3 Å². The van der Waals surface area contributed by atoms with Crippen LogP contribution < -0.4 is 5.32 Å². The molecule has 1 aliphatic carbocycles. The molecule has 1 fully saturated rings. The quantitative estimate of drug-likeness (QED) is 0.502. The molecule has 2 atom stereocenters. The van der Waals surface area contributed by atoms with Gasteiger partial charge in [0, 0.05) is 6.04 Å². The summed E-state index contributed by atoms with van der Waals surface area (Å²) in [5, 5.41) is 31.1. The van der Waals surface area contributed by atoms with Crippen LogP contribution in [0.4, 0.5) is 0 Å². The zero-order valence-electron chi connectivity index (χ0n) is 11.6. The normalized spacial score (nSPS) is 22.3. The van der Waals surface area contributed by atoms with E-state index in [1.54, 1.807) is 0 Å². The molecule has 1 amide bonds. The van der Waals surface area contributed by atoms with E-state index in [2.05, 4.69) is 5.32 Å². The Hall–Kier alpha value is -2.24. The zero-order valence-corrected chi connectivity index (χ0v) is 11.6. The number of hydrogen-bond donors (Lipinski definition) is 4. The molecule has 0 saturated heterocycles. The summed E-state index contributed by atoms with van der Waals surface area (Å²) >= 11 is 0. The number of rotatable bonds is 3. The van der Waals surface area contributed by atoms with Gasteiger partial charge in [0.25, 0.3) is 5.91 Å². The Morgan fingerprint density at radius 2 is 1.81 bits per heavy atom. The second kappa shape index (κ2) is 6.47. The molecule has 6 heteroatoms. The highest BCUT2D eigenvalue weighted by Gasteiger charge is 2.31. The van der Waals surface area contributed by atoms with Crippen molar-refractivity contribution in [2.24, 2.45) is 5.92 Å². The molecule has 6 nitrogen and oxygen atoms in total. The van der Waals surface area contributed by atoms with Crippen molar-refractivity contribution in [3.05, 3.63) is 23.8 Å². The van der Waals surface area contributed by atoms with Gasteiger partial charge in [-0.15, -0.1) is 0 Å². The number of phenolic OH excluding ortho intramolecular Hbond substituents is 2. The minimum Gasteiger partial charge on any atom is -0.504 e. The number of carboxylic acid groups (broad SMARTS) is 1. The SMILES string of the molecule is O=C(NC1CCCCCC1C(=O)O)c1cccc(O)c1O. The third-order valence-corrected chi connectivity index (χ3v) is 3.91. The van der Waals surface area contributed by atoms with Gasteiger partial charge in [0.05, 0.1) is 11.5 Å². The zero-order chi connectivity index (χ0) is 15.4. The monoisotopic (exact) mass is 293 g/mol. The summed E-state index contributed by atoms with van der Waals surface area (Å²) in [5.74, 6) is -2.96. The summed E-state index contributed by atoms with van der Waals surface area (Å²) in [7, 11) is 0. The number of carbonyl (C=O) groups excluding carboxylic acids is 1. The van der Waals surface area contributed by atoms with Crippen LogP contribution in [0.1, 0.15) is 42.5 Å². The first-order valence-electron chi connectivity index (χ1n) is 7.05. The topological polar surface area (TPSA) is 107 Å². The number of nitrogens with one attached hydrogen (secondary N) is 1. The van der Waals surface area contributed by atoms with Crippen molar-refractivity contribution in [3.63, 3.8) is 0 Å². The smallest absolute Gasteiger partial charge is 0.308 e. The van der Waals surface area contributed by atoms with Gasteiger partial charge in [-0.25, -0.2) is 0 Å². The van der Waals surface area contributed by atoms with Crippen LogP contribution in [0.3, 0.4) is 0 Å². The number of para-hydroxylation sites is 1. The summed E-state index contributed by atoms with van der Waals surface area (Å²) in [6, 6.07) is 3.65. The van der Waals surface area contributed by atoms with E-state index in [1.165, 1.54) is 18.2 Å². The third kappa shape index (κ3) is 3.45. The third-order valence-electron chi connectivity index (χ3n) is 3.91. The van der Waals surface area contributed by atoms with Crippen LogP contribution in [0.5, 0.6) is 11.5 Å². The van der Waals surface area contributed by atoms with Gasteiger partial charge in [-0.05, 0) is 25.0 Å². The average molecular weight is 293 g/mol. The van der Waals surface area contributed by atoms with Gasteiger partial charge >= 0.3 is 5.97 Å². The van der Waals surface area contributed by atoms with Crippen LogP contribution in [0.2, 0.25) is 0 Å². The largest absolute Gasteiger partial charge is 0.504 e. The summed E-state index contributed by atoms with van der Waals surface area (Å²) in [6.07, 6.45) is 3.78. The molecule has 1 aliphatic rings. The van der Waals surface area contributed by atoms with E-state index >= 15 is 0 Å². The molecule has 2 rings (SSSR count). The molecule has 114 valence electrons. The van der Waals surface area contributed by atoms with Crippen molar-refractivity contribution in [3.8, 4) is 11.5 Å². The molecule has 0 aromatic heterocycles. The van der Waals surface area contributed by atoms with E-state index in [4.69, 9.17) is 0 Å². The molecule has 0 heterocycles. The first kappa shape index (κ1) is 15.2. The fourth-order valence-electron chi connectivity index (χ4n) is 2.74. The number of hydrogen-bond acceptors (Lipinski definition) is 4. The molecule has 1 aromatic rings. The Morgan fingerprint density at radius 1 is 1.10 bits per heavy atom. The molecule has 0 radical (unpaired) electrons. The Morgan fingerprint density at radius 3 is 2.52 bits per heavy atom. The van der Waals surface area contributed by atoms with Crippen LogP contribution in [-0.2, 0) is 4.79 Å². The number of carboxylic acids is 1. The lowest BCUT2D eigenvalue weighted by molar-refractivity contribution is -0.142. The average Bonchev–Trinajstić information content (AvgIpc) is 2.67. The van der Waals surface area contributed by atoms with Crippen molar-refractivity contribution >= 4 is 11.9 Å². The molecule has 0 spiro atoms. The minimum atomic E-state index is -0.915. The summed E-state index contributed by atoms with van der Waals surface area (Å²) in [6.45, 7) is 0. The van der Waals surface area contributed by atoms with E-state index in [-0.39, 0.29) is 11.3 Å². The van der Waals surface area contributed by atoms with Gasteiger partial charge in [-0.3, -0.25) is 9.59 Å². The molecule has 1 saturated carbocycles. The highest BCUT2D eigenvalue weighted by molar-refractivity contribution is 5.98. The summed E-state index contributed by atoms with van der Waals surface area (Å²) in [5.41, 5.74) is -0.0524. The molecule has 0 aliphatic heterocycles. The fraction of sp³-hybridized carbons (Fsp3) is 0.467. The van der Waals surface area contributed by atoms with E-state index < -0.39 is 29.6 Å². The highest BCUT2D eigenvalue weighted by atomic mass is 16.4. The first-order chi connectivity index (χ1) is 10.0. The number of aromatic hydroxyl groups is 2. The molecular weight excluding hydrogens is 274 g/mol. The van der Waals surface area contributed by atoms with Crippen LogP contribution in [-0.4, -0.2) is 33.2 Å². The van der Waals surface area contributed by atoms with Crippen molar-refractivity contribution in [2.75, 3.05) is 0 Å². The number of carbonyl (C=O) groups is 2. The van der Waals surface area contributed by atoms with Gasteiger partial charge < -0.3 is 20.6 Å². The standard InChI is InChI=1S/C15H19NO5/c17-12-8-4-6-10(13(12)18)14(19)16-11-7-3-1-2-5-9(11)15(20)21/h4,6,8-9,11,17-18H,1-3,5,7H2,(H,16,19)(H,20,21). The van der Waals surface area contributed by atoms with Gasteiger partial charge in [-0.1, -0.05) is 25.3 Å². The predicted molar refractivity (Wildman–Crippen MR) is 75.2 cm³/mol. The summed E-state index contributed by atoms with van der Waals surface area (Å²) < 4.78 is 0. The molecular formula is C15H19NO5. The van der Waals surface area contributed by atoms with Gasteiger partial charge in [-0.2, -0.15) is 0 Å². The lowest BCUT2D eigenvalue weighted by Crippen LogP contribution is -2.42. The van der Waals surface area contributed by atoms with E-state index in [0.29, 0.717) is 12.8 Å². The molecule has 0 bridgehead atoms. The molecule has 4 N–H and O–H groups in total. The number of benzene rings is 1. The van der Waals surface area contributed by atoms with Crippen molar-refractivity contribution in [2.45, 2.75) is 38.1 Å². The number of amides is 1. The van der Waals surface area contributed by atoms with Crippen molar-refractivity contribution in [1.29, 1.82) is 0 Å². The lowest BCUT2D eigenvalue weighted by Gasteiger charge is -2.23. The molecule has 1 aromatic carbocycles. The first-order valence-corrected chi connectivity index (χ1v) is 7.05. The number of aliphatic carboxylic acids is 1. The number of phenols is 2. The van der Waals surface area contributed by atoms with Crippen LogP contribution >= 0.6 is 0 Å². The molecule has 2 unspecified atom stereocenters. The Kier molecular flexibility index (Phi) is 4.67. The second-order valence-electron chi connectivity index (χ2n) is 5.34. The maximum absolute atomic E-state index is 12.2. The maximum Gasteiger partial charge on any atom is 0.308 e. The van der Waals surface area contributed by atoms with Crippen LogP contribution in [0.15, 0.2) is 18.2 Å². The van der Waals surface area contributed by atoms with Gasteiger partial charge in [0.15, 0.2) is 11.5 Å². The van der Waals surface area contributed by atoms with Crippen molar-refractivity contribution < 1.29 is 24.9 Å². The van der Waals surface area contributed by atoms with Crippen LogP contribution in [0.25, 0.3) is 0 Å². The Labute approximate surface area is 122 Å². The van der Waals surface area contributed by atoms with Crippen LogP contribution in [0, 0.1) is 5.92 Å². The van der Waals surface area contributed by atoms with E-state index in [9.17, 15) is 24.9 Å². The van der Waals surface area contributed by atoms with Crippen molar-refractivity contribution in [1.82, 2.24) is 5.32 Å². The van der Waals surface area contributed by atoms with Gasteiger partial charge in [0.2, 0.25) is 0 Å². The minimum absolute atomic E-state index is 0.0524. The second-order valence-corrected chi connectivity index (χ2v) is 5.34. The van der Waals surface area contributed by atoms with E-state index in [1.807, 2.05) is 0 Å². The molecule has 21 heavy (non-hydrogen) atoms. The van der Waals surface area contributed by atoms with Gasteiger partial charge in [0.1, 0.15) is 0 Å². The Bertz CT molecular complexity index is 543. The Balaban J connectivity index is 2.16. The maximum atomic E-state index is 12.2. The predicted octanol–water partition coefficient (Wildman–Crippen LogP) is 1.86.